The van der Waals surface area contributed by atoms with Crippen LogP contribution in [0, 0.1) is 0 Å². The first kappa shape index (κ1) is 19.2. The fourth-order valence-electron chi connectivity index (χ4n) is 4.38. The van der Waals surface area contributed by atoms with Crippen LogP contribution < -0.4 is 5.32 Å². The highest BCUT2D eigenvalue weighted by atomic mass is 16.3. The molecule has 1 heterocycles. The van der Waals surface area contributed by atoms with Crippen molar-refractivity contribution in [1.82, 2.24) is 10.2 Å². The molecule has 1 amide bonds. The lowest BCUT2D eigenvalue weighted by Crippen LogP contribution is -2.35. The zero-order chi connectivity index (χ0) is 19.3. The van der Waals surface area contributed by atoms with Crippen molar-refractivity contribution in [3.05, 3.63) is 70.3 Å². The van der Waals surface area contributed by atoms with Crippen LogP contribution in [0.4, 0.5) is 0 Å². The number of carbonyl (C=O) groups is 1. The Morgan fingerprint density at radius 1 is 1.04 bits per heavy atom. The second-order valence-electron chi connectivity index (χ2n) is 8.19. The maximum atomic E-state index is 12.5. The van der Waals surface area contributed by atoms with Crippen molar-refractivity contribution in [2.24, 2.45) is 0 Å². The van der Waals surface area contributed by atoms with Gasteiger partial charge < -0.3 is 10.4 Å². The molecular weight excluding hydrogens is 348 g/mol. The first-order valence-corrected chi connectivity index (χ1v) is 10.5. The molecule has 0 unspecified atom stereocenters. The van der Waals surface area contributed by atoms with Gasteiger partial charge in [0.1, 0.15) is 0 Å². The Morgan fingerprint density at radius 3 is 2.61 bits per heavy atom. The smallest absolute Gasteiger partial charge is 0.224 e. The second kappa shape index (κ2) is 8.89. The van der Waals surface area contributed by atoms with E-state index in [0.29, 0.717) is 13.0 Å². The number of carbonyl (C=O) groups excluding carboxylic acids is 1. The van der Waals surface area contributed by atoms with Crippen molar-refractivity contribution in [3.8, 4) is 0 Å². The Hall–Kier alpha value is -2.17. The first-order valence-electron chi connectivity index (χ1n) is 10.5. The fraction of sp³-hybridized carbons (Fsp3) is 0.458. The number of benzene rings is 2. The number of nitrogens with zero attached hydrogens (tertiary/aromatic N) is 1. The zero-order valence-electron chi connectivity index (χ0n) is 16.5. The lowest BCUT2D eigenvalue weighted by atomic mass is 10.0. The number of rotatable bonds is 6. The van der Waals surface area contributed by atoms with Crippen LogP contribution in [-0.2, 0) is 37.1 Å². The second-order valence-corrected chi connectivity index (χ2v) is 8.19. The standard InChI is InChI=1S/C24H30N2O2/c27-23-10-12-26(13-11-23)17-22-5-2-1-4-21(22)16-25-24(28)15-18-8-9-19-6-3-7-20(19)14-18/h1-2,4-5,8-9,14,23,27H,3,6-7,10-13,15-17H2,(H,25,28). The number of hydrogen-bond donors (Lipinski definition) is 2. The predicted octanol–water partition coefficient (Wildman–Crippen LogP) is 2.99. The van der Waals surface area contributed by atoms with Gasteiger partial charge in [0.25, 0.3) is 0 Å². The number of piperidine rings is 1. The number of hydrogen-bond acceptors (Lipinski definition) is 3. The average Bonchev–Trinajstić information content (AvgIpc) is 3.17. The minimum atomic E-state index is -0.148. The molecule has 1 fully saturated rings. The molecule has 2 aromatic carbocycles. The third kappa shape index (κ3) is 4.81. The molecule has 2 aromatic rings. The summed E-state index contributed by atoms with van der Waals surface area (Å²) < 4.78 is 0. The first-order chi connectivity index (χ1) is 13.7. The molecule has 148 valence electrons. The molecule has 28 heavy (non-hydrogen) atoms. The molecule has 0 aromatic heterocycles. The lowest BCUT2D eigenvalue weighted by Gasteiger charge is -2.30. The highest BCUT2D eigenvalue weighted by molar-refractivity contribution is 5.78. The van der Waals surface area contributed by atoms with Crippen LogP contribution >= 0.6 is 0 Å². The van der Waals surface area contributed by atoms with Gasteiger partial charge in [-0.25, -0.2) is 0 Å². The minimum absolute atomic E-state index is 0.0776. The molecule has 0 atom stereocenters. The number of likely N-dealkylation sites (tertiary alicyclic amines) is 1. The number of aliphatic hydroxyl groups excluding tert-OH is 1. The predicted molar refractivity (Wildman–Crippen MR) is 111 cm³/mol. The van der Waals surface area contributed by atoms with Crippen LogP contribution in [-0.4, -0.2) is 35.1 Å². The van der Waals surface area contributed by atoms with E-state index in [-0.39, 0.29) is 12.0 Å². The van der Waals surface area contributed by atoms with Crippen LogP contribution in [0.25, 0.3) is 0 Å². The molecule has 2 aliphatic rings. The van der Waals surface area contributed by atoms with Gasteiger partial charge in [-0.1, -0.05) is 42.5 Å². The quantitative estimate of drug-likeness (QED) is 0.813. The lowest BCUT2D eigenvalue weighted by molar-refractivity contribution is -0.120. The van der Waals surface area contributed by atoms with Crippen LogP contribution in [0.15, 0.2) is 42.5 Å². The van der Waals surface area contributed by atoms with Crippen molar-refractivity contribution in [3.63, 3.8) is 0 Å². The van der Waals surface area contributed by atoms with Gasteiger partial charge in [0, 0.05) is 26.2 Å². The van der Waals surface area contributed by atoms with Crippen molar-refractivity contribution in [2.45, 2.75) is 57.7 Å². The van der Waals surface area contributed by atoms with E-state index in [4.69, 9.17) is 0 Å². The average molecular weight is 379 g/mol. The van der Waals surface area contributed by atoms with Crippen LogP contribution in [0.1, 0.15) is 47.1 Å². The number of amides is 1. The van der Waals surface area contributed by atoms with E-state index >= 15 is 0 Å². The van der Waals surface area contributed by atoms with Crippen LogP contribution in [0.2, 0.25) is 0 Å². The zero-order valence-corrected chi connectivity index (χ0v) is 16.5. The van der Waals surface area contributed by atoms with Crippen molar-refractivity contribution in [1.29, 1.82) is 0 Å². The molecule has 1 aliphatic carbocycles. The number of fused-ring (bicyclic) bond motifs is 1. The van der Waals surface area contributed by atoms with E-state index < -0.39 is 0 Å². The summed E-state index contributed by atoms with van der Waals surface area (Å²) in [4.78, 5) is 14.9. The van der Waals surface area contributed by atoms with Gasteiger partial charge in [0.05, 0.1) is 12.5 Å². The maximum Gasteiger partial charge on any atom is 0.224 e. The molecule has 0 radical (unpaired) electrons. The van der Waals surface area contributed by atoms with Gasteiger partial charge in [-0.3, -0.25) is 9.69 Å². The molecule has 0 bridgehead atoms. The maximum absolute atomic E-state index is 12.5. The summed E-state index contributed by atoms with van der Waals surface area (Å²) in [6.45, 7) is 3.31. The molecule has 1 saturated heterocycles. The summed E-state index contributed by atoms with van der Waals surface area (Å²) >= 11 is 0. The molecular formula is C24H30N2O2. The largest absolute Gasteiger partial charge is 0.393 e. The highest BCUT2D eigenvalue weighted by Crippen LogP contribution is 2.23. The highest BCUT2D eigenvalue weighted by Gasteiger charge is 2.18. The Kier molecular flexibility index (Phi) is 6.08. The summed E-state index contributed by atoms with van der Waals surface area (Å²) in [5.74, 6) is 0.0776. The van der Waals surface area contributed by atoms with E-state index in [1.54, 1.807) is 0 Å². The SMILES string of the molecule is O=C(Cc1ccc2c(c1)CCC2)NCc1ccccc1CN1CCC(O)CC1. The summed E-state index contributed by atoms with van der Waals surface area (Å²) in [5.41, 5.74) is 6.41. The fourth-order valence-corrected chi connectivity index (χ4v) is 4.38. The number of aliphatic hydroxyl groups is 1. The Morgan fingerprint density at radius 2 is 1.79 bits per heavy atom. The summed E-state index contributed by atoms with van der Waals surface area (Å²) in [5, 5.41) is 12.8. The van der Waals surface area contributed by atoms with E-state index in [1.165, 1.54) is 35.1 Å². The topological polar surface area (TPSA) is 52.6 Å². The molecule has 2 N–H and O–H groups in total. The molecule has 4 rings (SSSR count). The van der Waals surface area contributed by atoms with Crippen molar-refractivity contribution < 1.29 is 9.90 Å². The normalized spacial score (nSPS) is 17.5. The third-order valence-electron chi connectivity index (χ3n) is 6.07. The third-order valence-corrected chi connectivity index (χ3v) is 6.07. The van der Waals surface area contributed by atoms with Crippen molar-refractivity contribution in [2.75, 3.05) is 13.1 Å². The van der Waals surface area contributed by atoms with Crippen molar-refractivity contribution >= 4 is 5.91 Å². The van der Waals surface area contributed by atoms with E-state index in [0.717, 1.165) is 44.5 Å². The molecule has 4 nitrogen and oxygen atoms in total. The summed E-state index contributed by atoms with van der Waals surface area (Å²) in [6, 6.07) is 14.8. The summed E-state index contributed by atoms with van der Waals surface area (Å²) in [6.07, 6.45) is 5.54. The van der Waals surface area contributed by atoms with Gasteiger partial charge in [-0.2, -0.15) is 0 Å². The van der Waals surface area contributed by atoms with Crippen LogP contribution in [0.3, 0.4) is 0 Å². The van der Waals surface area contributed by atoms with Gasteiger partial charge in [-0.15, -0.1) is 0 Å². The minimum Gasteiger partial charge on any atom is -0.393 e. The van der Waals surface area contributed by atoms with Gasteiger partial charge in [0.15, 0.2) is 0 Å². The number of nitrogens with one attached hydrogen (secondary N) is 1. The van der Waals surface area contributed by atoms with E-state index in [1.807, 2.05) is 6.07 Å². The van der Waals surface area contributed by atoms with E-state index in [9.17, 15) is 9.90 Å². The number of aryl methyl sites for hydroxylation is 2. The molecule has 0 spiro atoms. The van der Waals surface area contributed by atoms with Gasteiger partial charge in [0.2, 0.25) is 5.91 Å². The Labute approximate surface area is 167 Å². The van der Waals surface area contributed by atoms with Gasteiger partial charge in [-0.05, 0) is 59.9 Å². The Bertz CT molecular complexity index is 825. The monoisotopic (exact) mass is 378 g/mol. The molecule has 4 heteroatoms. The molecule has 1 aliphatic heterocycles. The Balaban J connectivity index is 1.32. The molecule has 0 saturated carbocycles. The van der Waals surface area contributed by atoms with E-state index in [2.05, 4.69) is 46.6 Å². The van der Waals surface area contributed by atoms with Gasteiger partial charge >= 0.3 is 0 Å². The van der Waals surface area contributed by atoms with Crippen LogP contribution in [0.5, 0.6) is 0 Å². The summed E-state index contributed by atoms with van der Waals surface area (Å²) in [7, 11) is 0.